The lowest BCUT2D eigenvalue weighted by Crippen LogP contribution is -2.23. The minimum absolute atomic E-state index is 0.315. The van der Waals surface area contributed by atoms with Crippen molar-refractivity contribution in [1.82, 2.24) is 0 Å². The van der Waals surface area contributed by atoms with E-state index in [4.69, 9.17) is 17.3 Å². The molecule has 1 heterocycles. The molecule has 1 aliphatic carbocycles. The van der Waals surface area contributed by atoms with Crippen LogP contribution in [0.4, 0.5) is 0 Å². The molecule has 1 fully saturated rings. The van der Waals surface area contributed by atoms with Gasteiger partial charge in [0.05, 0.1) is 4.34 Å². The summed E-state index contributed by atoms with van der Waals surface area (Å²) in [6.07, 6.45) is 9.19. The topological polar surface area (TPSA) is 26.0 Å². The number of hydrogen-bond acceptors (Lipinski definition) is 2. The zero-order valence-electron chi connectivity index (χ0n) is 9.62. The first-order chi connectivity index (χ1) is 7.74. The van der Waals surface area contributed by atoms with Crippen molar-refractivity contribution in [2.45, 2.75) is 51.0 Å². The van der Waals surface area contributed by atoms with E-state index in [0.29, 0.717) is 6.04 Å². The van der Waals surface area contributed by atoms with Gasteiger partial charge in [0.2, 0.25) is 0 Å². The van der Waals surface area contributed by atoms with E-state index < -0.39 is 0 Å². The number of hydrogen-bond donors (Lipinski definition) is 1. The van der Waals surface area contributed by atoms with Crippen molar-refractivity contribution in [1.29, 1.82) is 0 Å². The Kier molecular flexibility index (Phi) is 4.68. The fourth-order valence-corrected chi connectivity index (χ4v) is 3.75. The minimum Gasteiger partial charge on any atom is -0.327 e. The van der Waals surface area contributed by atoms with Crippen molar-refractivity contribution < 1.29 is 0 Å². The molecule has 0 bridgehead atoms. The first-order valence-corrected chi connectivity index (χ1v) is 7.43. The second-order valence-electron chi connectivity index (χ2n) is 4.90. The Labute approximate surface area is 107 Å². The van der Waals surface area contributed by atoms with Crippen LogP contribution in [-0.2, 0) is 6.42 Å². The fraction of sp³-hybridized carbons (Fsp3) is 0.692. The van der Waals surface area contributed by atoms with Crippen LogP contribution in [0, 0.1) is 5.92 Å². The van der Waals surface area contributed by atoms with Gasteiger partial charge in [0.15, 0.2) is 0 Å². The highest BCUT2D eigenvalue weighted by Gasteiger charge is 2.16. The lowest BCUT2D eigenvalue weighted by Gasteiger charge is -2.13. The summed E-state index contributed by atoms with van der Waals surface area (Å²) in [7, 11) is 0. The smallest absolute Gasteiger partial charge is 0.0931 e. The highest BCUT2D eigenvalue weighted by molar-refractivity contribution is 7.16. The van der Waals surface area contributed by atoms with Crippen LogP contribution in [0.5, 0.6) is 0 Å². The number of rotatable bonds is 5. The van der Waals surface area contributed by atoms with Crippen LogP contribution in [-0.4, -0.2) is 6.04 Å². The van der Waals surface area contributed by atoms with Crippen molar-refractivity contribution in [2.24, 2.45) is 11.7 Å². The van der Waals surface area contributed by atoms with Gasteiger partial charge in [0.1, 0.15) is 0 Å². The van der Waals surface area contributed by atoms with E-state index in [9.17, 15) is 0 Å². The molecule has 0 radical (unpaired) electrons. The number of thiophene rings is 1. The summed E-state index contributed by atoms with van der Waals surface area (Å²) in [5.41, 5.74) is 6.16. The summed E-state index contributed by atoms with van der Waals surface area (Å²) >= 11 is 7.56. The van der Waals surface area contributed by atoms with E-state index >= 15 is 0 Å². The van der Waals surface area contributed by atoms with Crippen molar-refractivity contribution in [2.75, 3.05) is 0 Å². The molecule has 16 heavy (non-hydrogen) atoms. The molecular weight excluding hydrogens is 238 g/mol. The van der Waals surface area contributed by atoms with Crippen LogP contribution in [0.15, 0.2) is 12.1 Å². The summed E-state index contributed by atoms with van der Waals surface area (Å²) in [4.78, 5) is 1.32. The third-order valence-electron chi connectivity index (χ3n) is 3.51. The molecule has 0 spiro atoms. The predicted molar refractivity (Wildman–Crippen MR) is 72.2 cm³/mol. The molecule has 1 saturated carbocycles. The van der Waals surface area contributed by atoms with Crippen LogP contribution in [0.3, 0.4) is 0 Å². The second kappa shape index (κ2) is 6.04. The number of halogens is 1. The molecule has 1 aromatic heterocycles. The van der Waals surface area contributed by atoms with Crippen LogP contribution in [0.1, 0.15) is 43.4 Å². The molecule has 1 nitrogen and oxygen atoms in total. The van der Waals surface area contributed by atoms with Crippen molar-refractivity contribution in [3.8, 4) is 0 Å². The largest absolute Gasteiger partial charge is 0.327 e. The van der Waals surface area contributed by atoms with Gasteiger partial charge in [-0.3, -0.25) is 0 Å². The van der Waals surface area contributed by atoms with Crippen molar-refractivity contribution >= 4 is 22.9 Å². The third-order valence-corrected chi connectivity index (χ3v) is 4.77. The Morgan fingerprint density at radius 3 is 2.75 bits per heavy atom. The van der Waals surface area contributed by atoms with Gasteiger partial charge >= 0.3 is 0 Å². The molecule has 3 heteroatoms. The summed E-state index contributed by atoms with van der Waals surface area (Å²) in [5, 5.41) is 0. The maximum Gasteiger partial charge on any atom is 0.0931 e. The molecule has 0 aromatic carbocycles. The standard InChI is InChI=1S/C13H20ClNS/c14-13-8-7-12(16-13)9-11(15)6-5-10-3-1-2-4-10/h7-8,10-11H,1-6,9,15H2. The molecule has 1 unspecified atom stereocenters. The highest BCUT2D eigenvalue weighted by Crippen LogP contribution is 2.29. The van der Waals surface area contributed by atoms with Gasteiger partial charge in [0.25, 0.3) is 0 Å². The first kappa shape index (κ1) is 12.4. The van der Waals surface area contributed by atoms with E-state index in [2.05, 4.69) is 6.07 Å². The van der Waals surface area contributed by atoms with E-state index in [1.165, 1.54) is 43.4 Å². The van der Waals surface area contributed by atoms with E-state index in [0.717, 1.165) is 16.7 Å². The maximum absolute atomic E-state index is 6.16. The molecule has 1 aliphatic rings. The van der Waals surface area contributed by atoms with Gasteiger partial charge in [-0.2, -0.15) is 0 Å². The SMILES string of the molecule is NC(CCC1CCCC1)Cc1ccc(Cl)s1. The van der Waals surface area contributed by atoms with Gasteiger partial charge in [-0.05, 0) is 37.3 Å². The average molecular weight is 258 g/mol. The summed E-state index contributed by atoms with van der Waals surface area (Å²) in [6.45, 7) is 0. The van der Waals surface area contributed by atoms with Crippen LogP contribution in [0.2, 0.25) is 4.34 Å². The van der Waals surface area contributed by atoms with Crippen molar-refractivity contribution in [3.05, 3.63) is 21.3 Å². The molecule has 1 aromatic rings. The zero-order chi connectivity index (χ0) is 11.4. The summed E-state index contributed by atoms with van der Waals surface area (Å²) in [5.74, 6) is 0.956. The van der Waals surface area contributed by atoms with E-state index in [-0.39, 0.29) is 0 Å². The molecular formula is C13H20ClNS. The zero-order valence-corrected chi connectivity index (χ0v) is 11.2. The van der Waals surface area contributed by atoms with Gasteiger partial charge in [-0.1, -0.05) is 37.3 Å². The van der Waals surface area contributed by atoms with Gasteiger partial charge in [0, 0.05) is 10.9 Å². The van der Waals surface area contributed by atoms with E-state index in [1.54, 1.807) is 11.3 Å². The van der Waals surface area contributed by atoms with Gasteiger partial charge in [-0.15, -0.1) is 11.3 Å². The minimum atomic E-state index is 0.315. The third kappa shape index (κ3) is 3.76. The fourth-order valence-electron chi connectivity index (χ4n) is 2.57. The summed E-state index contributed by atoms with van der Waals surface area (Å²) < 4.78 is 0.873. The molecule has 0 saturated heterocycles. The number of nitrogens with two attached hydrogens (primary N) is 1. The van der Waals surface area contributed by atoms with Crippen LogP contribution >= 0.6 is 22.9 Å². The normalized spacial score (nSPS) is 19.1. The van der Waals surface area contributed by atoms with Gasteiger partial charge in [-0.25, -0.2) is 0 Å². The molecule has 0 aliphatic heterocycles. The average Bonchev–Trinajstić information content (AvgIpc) is 2.87. The Morgan fingerprint density at radius 2 is 2.12 bits per heavy atom. The quantitative estimate of drug-likeness (QED) is 0.839. The Bertz CT molecular complexity index is 317. The van der Waals surface area contributed by atoms with E-state index in [1.807, 2.05) is 6.07 Å². The second-order valence-corrected chi connectivity index (χ2v) is 6.70. The molecule has 2 N–H and O–H groups in total. The lowest BCUT2D eigenvalue weighted by atomic mass is 9.97. The Morgan fingerprint density at radius 1 is 1.38 bits per heavy atom. The Balaban J connectivity index is 1.69. The predicted octanol–water partition coefficient (Wildman–Crippen LogP) is 4.24. The highest BCUT2D eigenvalue weighted by atomic mass is 35.5. The van der Waals surface area contributed by atoms with Gasteiger partial charge < -0.3 is 5.73 Å². The maximum atomic E-state index is 6.16. The lowest BCUT2D eigenvalue weighted by molar-refractivity contribution is 0.448. The van der Waals surface area contributed by atoms with Crippen LogP contribution in [0.25, 0.3) is 0 Å². The molecule has 1 atom stereocenters. The molecule has 90 valence electrons. The Hall–Kier alpha value is -0.0500. The monoisotopic (exact) mass is 257 g/mol. The summed E-state index contributed by atoms with van der Waals surface area (Å²) in [6, 6.07) is 4.38. The molecule has 2 rings (SSSR count). The first-order valence-electron chi connectivity index (χ1n) is 6.24. The van der Waals surface area contributed by atoms with Crippen molar-refractivity contribution in [3.63, 3.8) is 0 Å². The van der Waals surface area contributed by atoms with Crippen LogP contribution < -0.4 is 5.73 Å². The molecule has 0 amide bonds.